The molecule has 1 aliphatic rings. The van der Waals surface area contributed by atoms with Gasteiger partial charge < -0.3 is 9.88 Å². The lowest BCUT2D eigenvalue weighted by Crippen LogP contribution is -2.30. The molecule has 1 aromatic heterocycles. The third-order valence-electron chi connectivity index (χ3n) is 2.86. The maximum absolute atomic E-state index is 11.0. The minimum absolute atomic E-state index is 0.235. The molecule has 1 N–H and O–H groups in total. The van der Waals surface area contributed by atoms with Crippen LogP contribution in [0.15, 0.2) is 17.1 Å². The maximum atomic E-state index is 11.0. The summed E-state index contributed by atoms with van der Waals surface area (Å²) in [5.41, 5.74) is 0.805. The molecule has 1 aromatic rings. The zero-order valence-corrected chi connectivity index (χ0v) is 8.36. The second kappa shape index (κ2) is 3.92. The normalized spacial score (nSPS) is 19.8. The third-order valence-corrected chi connectivity index (χ3v) is 2.86. The molecule has 4 nitrogen and oxygen atoms in total. The smallest absolute Gasteiger partial charge is 0.310 e. The molecule has 0 radical (unpaired) electrons. The van der Waals surface area contributed by atoms with Crippen LogP contribution in [-0.2, 0) is 0 Å². The van der Waals surface area contributed by atoms with E-state index in [4.69, 9.17) is 0 Å². The van der Waals surface area contributed by atoms with E-state index in [0.29, 0.717) is 5.92 Å². The van der Waals surface area contributed by atoms with Crippen molar-refractivity contribution < 1.29 is 0 Å². The van der Waals surface area contributed by atoms with E-state index in [9.17, 15) is 4.79 Å². The summed E-state index contributed by atoms with van der Waals surface area (Å²) in [5, 5.41) is 0. The molecule has 2 heterocycles. The molecule has 1 saturated heterocycles. The van der Waals surface area contributed by atoms with E-state index in [2.05, 4.69) is 21.9 Å². The number of piperidine rings is 1. The molecule has 0 aromatic carbocycles. The van der Waals surface area contributed by atoms with Crippen LogP contribution < -0.4 is 5.69 Å². The molecule has 14 heavy (non-hydrogen) atoms. The minimum atomic E-state index is -0.235. The topological polar surface area (TPSA) is 49.0 Å². The number of aromatic amines is 1. The van der Waals surface area contributed by atoms with Gasteiger partial charge in [0.2, 0.25) is 0 Å². The highest BCUT2D eigenvalue weighted by Crippen LogP contribution is 2.24. The monoisotopic (exact) mass is 193 g/mol. The van der Waals surface area contributed by atoms with Crippen molar-refractivity contribution in [2.75, 3.05) is 20.1 Å². The summed E-state index contributed by atoms with van der Waals surface area (Å²) >= 11 is 0. The Labute approximate surface area is 83.0 Å². The maximum Gasteiger partial charge on any atom is 0.345 e. The second-order valence-corrected chi connectivity index (χ2v) is 3.91. The van der Waals surface area contributed by atoms with Gasteiger partial charge in [0.25, 0.3) is 0 Å². The molecule has 2 rings (SSSR count). The summed E-state index contributed by atoms with van der Waals surface area (Å²) < 4.78 is 0. The summed E-state index contributed by atoms with van der Waals surface area (Å²) in [4.78, 5) is 19.8. The zero-order valence-electron chi connectivity index (χ0n) is 8.36. The lowest BCUT2D eigenvalue weighted by atomic mass is 9.94. The zero-order chi connectivity index (χ0) is 9.97. The number of H-pyrrole nitrogens is 1. The average Bonchev–Trinajstić information content (AvgIpc) is 2.19. The van der Waals surface area contributed by atoms with Gasteiger partial charge in [-0.05, 0) is 39.0 Å². The molecule has 0 spiro atoms. The Kier molecular flexibility index (Phi) is 2.63. The standard InChI is InChI=1S/C10H15N3O/c1-13-6-3-8(4-7-13)9-2-5-11-10(14)12-9/h2,5,8H,3-4,6-7H2,1H3,(H,11,12,14). The third kappa shape index (κ3) is 2.01. The van der Waals surface area contributed by atoms with Crippen LogP contribution >= 0.6 is 0 Å². The van der Waals surface area contributed by atoms with E-state index in [0.717, 1.165) is 31.6 Å². The number of nitrogens with one attached hydrogen (secondary N) is 1. The van der Waals surface area contributed by atoms with Crippen LogP contribution in [0.3, 0.4) is 0 Å². The van der Waals surface area contributed by atoms with E-state index in [-0.39, 0.29) is 5.69 Å². The summed E-state index contributed by atoms with van der Waals surface area (Å²) in [6.45, 7) is 2.21. The van der Waals surface area contributed by atoms with Crippen molar-refractivity contribution in [3.05, 3.63) is 28.4 Å². The van der Waals surface area contributed by atoms with Crippen LogP contribution in [0.4, 0.5) is 0 Å². The summed E-state index contributed by atoms with van der Waals surface area (Å²) in [6.07, 6.45) is 3.83. The second-order valence-electron chi connectivity index (χ2n) is 3.91. The molecular weight excluding hydrogens is 178 g/mol. The van der Waals surface area contributed by atoms with Gasteiger partial charge in [-0.25, -0.2) is 9.78 Å². The first-order valence-corrected chi connectivity index (χ1v) is 4.99. The van der Waals surface area contributed by atoms with Gasteiger partial charge >= 0.3 is 5.69 Å². The number of likely N-dealkylation sites (tertiary alicyclic amines) is 1. The largest absolute Gasteiger partial charge is 0.345 e. The van der Waals surface area contributed by atoms with Crippen LogP contribution in [0, 0.1) is 0 Å². The highest BCUT2D eigenvalue weighted by atomic mass is 16.1. The first kappa shape index (κ1) is 9.40. The Morgan fingerprint density at radius 3 is 2.86 bits per heavy atom. The fourth-order valence-corrected chi connectivity index (χ4v) is 1.94. The Morgan fingerprint density at radius 1 is 1.50 bits per heavy atom. The Morgan fingerprint density at radius 2 is 2.21 bits per heavy atom. The highest BCUT2D eigenvalue weighted by molar-refractivity contribution is 5.06. The lowest BCUT2D eigenvalue weighted by molar-refractivity contribution is 0.253. The van der Waals surface area contributed by atoms with Gasteiger partial charge in [0.1, 0.15) is 0 Å². The highest BCUT2D eigenvalue weighted by Gasteiger charge is 2.18. The summed E-state index contributed by atoms with van der Waals surface area (Å²) in [6, 6.07) is 1.91. The molecule has 0 saturated carbocycles. The molecule has 0 bridgehead atoms. The molecule has 1 aliphatic heterocycles. The minimum Gasteiger partial charge on any atom is -0.310 e. The fourth-order valence-electron chi connectivity index (χ4n) is 1.94. The van der Waals surface area contributed by atoms with Crippen molar-refractivity contribution in [1.82, 2.24) is 14.9 Å². The van der Waals surface area contributed by atoms with Crippen molar-refractivity contribution in [3.63, 3.8) is 0 Å². The van der Waals surface area contributed by atoms with E-state index in [1.54, 1.807) is 6.20 Å². The summed E-state index contributed by atoms with van der Waals surface area (Å²) in [5.74, 6) is 0.502. The van der Waals surface area contributed by atoms with E-state index in [1.807, 2.05) is 6.07 Å². The van der Waals surface area contributed by atoms with Crippen LogP contribution in [-0.4, -0.2) is 35.0 Å². The number of rotatable bonds is 1. The van der Waals surface area contributed by atoms with Gasteiger partial charge in [-0.2, -0.15) is 0 Å². The first-order chi connectivity index (χ1) is 6.75. The van der Waals surface area contributed by atoms with Crippen molar-refractivity contribution >= 4 is 0 Å². The van der Waals surface area contributed by atoms with Gasteiger partial charge in [-0.1, -0.05) is 0 Å². The van der Waals surface area contributed by atoms with Crippen LogP contribution in [0.5, 0.6) is 0 Å². The van der Waals surface area contributed by atoms with Gasteiger partial charge in [0, 0.05) is 17.8 Å². The van der Waals surface area contributed by atoms with Crippen LogP contribution in [0.25, 0.3) is 0 Å². The van der Waals surface area contributed by atoms with Crippen molar-refractivity contribution in [1.29, 1.82) is 0 Å². The van der Waals surface area contributed by atoms with Crippen LogP contribution in [0.2, 0.25) is 0 Å². The molecule has 0 unspecified atom stereocenters. The lowest BCUT2D eigenvalue weighted by Gasteiger charge is -2.28. The fraction of sp³-hybridized carbons (Fsp3) is 0.600. The first-order valence-electron chi connectivity index (χ1n) is 4.99. The molecule has 0 aliphatic carbocycles. The Hall–Kier alpha value is -1.16. The van der Waals surface area contributed by atoms with Gasteiger partial charge in [0.15, 0.2) is 0 Å². The van der Waals surface area contributed by atoms with E-state index < -0.39 is 0 Å². The van der Waals surface area contributed by atoms with Gasteiger partial charge in [-0.3, -0.25) is 0 Å². The number of hydrogen-bond acceptors (Lipinski definition) is 3. The van der Waals surface area contributed by atoms with Crippen LogP contribution in [0.1, 0.15) is 24.5 Å². The predicted molar refractivity (Wildman–Crippen MR) is 54.3 cm³/mol. The molecule has 1 fully saturated rings. The predicted octanol–water partition coefficient (Wildman–Crippen LogP) is 0.579. The van der Waals surface area contributed by atoms with Crippen molar-refractivity contribution in [2.24, 2.45) is 0 Å². The van der Waals surface area contributed by atoms with Crippen molar-refractivity contribution in [3.8, 4) is 0 Å². The van der Waals surface area contributed by atoms with E-state index >= 15 is 0 Å². The van der Waals surface area contributed by atoms with Gasteiger partial charge in [0.05, 0.1) is 0 Å². The number of nitrogens with zero attached hydrogens (tertiary/aromatic N) is 2. The Bertz CT molecular complexity index is 352. The average molecular weight is 193 g/mol. The molecule has 0 amide bonds. The van der Waals surface area contributed by atoms with Crippen molar-refractivity contribution in [2.45, 2.75) is 18.8 Å². The number of aromatic nitrogens is 2. The molecule has 0 atom stereocenters. The quantitative estimate of drug-likeness (QED) is 0.709. The summed E-state index contributed by atoms with van der Waals surface area (Å²) in [7, 11) is 2.13. The SMILES string of the molecule is CN1CCC(c2ccnc(=O)[nH]2)CC1. The van der Waals surface area contributed by atoms with E-state index in [1.165, 1.54) is 0 Å². The molecular formula is C10H15N3O. The molecule has 4 heteroatoms. The Balaban J connectivity index is 2.12. The number of hydrogen-bond donors (Lipinski definition) is 1. The molecule has 76 valence electrons. The van der Waals surface area contributed by atoms with Gasteiger partial charge in [-0.15, -0.1) is 0 Å².